The van der Waals surface area contributed by atoms with Crippen LogP contribution < -0.4 is 16.0 Å². The maximum atomic E-state index is 12.9. The smallest absolute Gasteiger partial charge is 0.267 e. The number of para-hydroxylation sites is 2. The quantitative estimate of drug-likeness (QED) is 0.231. The molecule has 0 aliphatic rings. The van der Waals surface area contributed by atoms with Crippen LogP contribution in [-0.4, -0.2) is 65.9 Å². The number of amides is 3. The minimum Gasteiger partial charge on any atom is -0.351 e. The maximum Gasteiger partial charge on any atom is 0.267 e. The lowest BCUT2D eigenvalue weighted by Gasteiger charge is -2.10. The van der Waals surface area contributed by atoms with Crippen LogP contribution in [0, 0.1) is 0 Å². The Morgan fingerprint density at radius 2 is 1.76 bits per heavy atom. The van der Waals surface area contributed by atoms with E-state index in [1.807, 2.05) is 44.4 Å². The first kappa shape index (κ1) is 26.1. The second-order valence-electron chi connectivity index (χ2n) is 9.01. The predicted octanol–water partition coefficient (Wildman–Crippen LogP) is 3.43. The van der Waals surface area contributed by atoms with Gasteiger partial charge in [-0.15, -0.1) is 0 Å². The first-order chi connectivity index (χ1) is 17.7. The lowest BCUT2D eigenvalue weighted by molar-refractivity contribution is -0.115. The average molecular weight is 521 g/mol. The van der Waals surface area contributed by atoms with Crippen LogP contribution in [0.4, 0.5) is 5.69 Å². The number of halogens is 1. The van der Waals surface area contributed by atoms with E-state index in [-0.39, 0.29) is 12.5 Å². The molecule has 2 aromatic heterocycles. The summed E-state index contributed by atoms with van der Waals surface area (Å²) in [7, 11) is 5.69. The minimum atomic E-state index is -0.439. The minimum absolute atomic E-state index is 0.218. The first-order valence-corrected chi connectivity index (χ1v) is 12.3. The van der Waals surface area contributed by atoms with Crippen LogP contribution in [0.1, 0.15) is 27.3 Å². The van der Waals surface area contributed by atoms with Crippen LogP contribution in [-0.2, 0) is 11.8 Å². The fraction of sp³-hybridized carbons (Fsp3) is 0.259. The van der Waals surface area contributed by atoms with Gasteiger partial charge in [0, 0.05) is 30.6 Å². The first-order valence-electron chi connectivity index (χ1n) is 11.9. The molecule has 10 heteroatoms. The van der Waals surface area contributed by atoms with Crippen LogP contribution in [0.3, 0.4) is 0 Å². The standard InChI is InChI=1S/C27H29ClN6O3/c1-33(2)13-7-12-29-27(37)22-14-17(16-34(22)3)31-23(35)15-30-26(36)20-10-6-9-19-24(28)18-8-4-5-11-21(18)32-25(19)20/h4-6,8-11,14,16H,7,12-13,15H2,1-3H3,(H,29,37)(H,30,36)(H,31,35). The zero-order chi connectivity index (χ0) is 26.5. The van der Waals surface area contributed by atoms with E-state index in [2.05, 4.69) is 25.8 Å². The molecule has 3 N–H and O–H groups in total. The van der Waals surface area contributed by atoms with Crippen molar-refractivity contribution < 1.29 is 14.4 Å². The van der Waals surface area contributed by atoms with E-state index < -0.39 is 11.8 Å². The number of aromatic nitrogens is 2. The van der Waals surface area contributed by atoms with E-state index in [9.17, 15) is 14.4 Å². The van der Waals surface area contributed by atoms with Crippen molar-refractivity contribution in [3.8, 4) is 0 Å². The Hall–Kier alpha value is -3.95. The highest BCUT2D eigenvalue weighted by atomic mass is 35.5. The molecule has 0 saturated heterocycles. The molecule has 4 aromatic rings. The lowest BCUT2D eigenvalue weighted by Crippen LogP contribution is -2.33. The predicted molar refractivity (Wildman–Crippen MR) is 146 cm³/mol. The summed E-state index contributed by atoms with van der Waals surface area (Å²) in [5, 5.41) is 10.2. The zero-order valence-corrected chi connectivity index (χ0v) is 21.7. The van der Waals surface area contributed by atoms with E-state index in [1.54, 1.807) is 36.0 Å². The fourth-order valence-electron chi connectivity index (χ4n) is 4.05. The van der Waals surface area contributed by atoms with Crippen molar-refractivity contribution in [1.82, 2.24) is 25.1 Å². The number of benzene rings is 2. The van der Waals surface area contributed by atoms with Crippen molar-refractivity contribution >= 4 is 56.8 Å². The Bertz CT molecular complexity index is 1480. The highest BCUT2D eigenvalue weighted by Gasteiger charge is 2.17. The molecule has 0 fully saturated rings. The maximum absolute atomic E-state index is 12.9. The molecule has 0 aliphatic heterocycles. The van der Waals surface area contributed by atoms with Crippen molar-refractivity contribution in [2.75, 3.05) is 39.0 Å². The van der Waals surface area contributed by atoms with Gasteiger partial charge in [0.2, 0.25) is 5.91 Å². The van der Waals surface area contributed by atoms with E-state index >= 15 is 0 Å². The number of fused-ring (bicyclic) bond motifs is 2. The molecule has 0 saturated carbocycles. The van der Waals surface area contributed by atoms with Crippen molar-refractivity contribution in [2.24, 2.45) is 7.05 Å². The number of nitrogens with one attached hydrogen (secondary N) is 3. The van der Waals surface area contributed by atoms with Gasteiger partial charge in [0.1, 0.15) is 5.69 Å². The molecule has 0 atom stereocenters. The summed E-state index contributed by atoms with van der Waals surface area (Å²) in [5.74, 6) is -1.08. The van der Waals surface area contributed by atoms with E-state index in [0.717, 1.165) is 18.4 Å². The number of hydrogen-bond donors (Lipinski definition) is 3. The second-order valence-corrected chi connectivity index (χ2v) is 9.39. The number of hydrogen-bond acceptors (Lipinski definition) is 5. The Morgan fingerprint density at radius 1 is 1.00 bits per heavy atom. The van der Waals surface area contributed by atoms with Gasteiger partial charge in [-0.2, -0.15) is 0 Å². The third-order valence-electron chi connectivity index (χ3n) is 5.89. The summed E-state index contributed by atoms with van der Waals surface area (Å²) < 4.78 is 1.64. The summed E-state index contributed by atoms with van der Waals surface area (Å²) in [5.41, 5.74) is 2.36. The summed E-state index contributed by atoms with van der Waals surface area (Å²) >= 11 is 6.59. The molecular weight excluding hydrogens is 492 g/mol. The van der Waals surface area contributed by atoms with Gasteiger partial charge < -0.3 is 25.4 Å². The fourth-order valence-corrected chi connectivity index (χ4v) is 4.37. The molecule has 3 amide bonds. The van der Waals surface area contributed by atoms with Crippen LogP contribution in [0.25, 0.3) is 21.8 Å². The van der Waals surface area contributed by atoms with E-state index in [0.29, 0.717) is 44.9 Å². The normalized spacial score (nSPS) is 11.2. The summed E-state index contributed by atoms with van der Waals surface area (Å²) in [4.78, 5) is 44.6. The molecule has 0 bridgehead atoms. The molecule has 0 unspecified atom stereocenters. The van der Waals surface area contributed by atoms with Crippen LogP contribution in [0.5, 0.6) is 0 Å². The molecule has 0 spiro atoms. The Morgan fingerprint density at radius 3 is 2.54 bits per heavy atom. The van der Waals surface area contributed by atoms with Crippen LogP contribution >= 0.6 is 11.6 Å². The van der Waals surface area contributed by atoms with Gasteiger partial charge in [0.05, 0.1) is 33.9 Å². The molecule has 0 aliphatic carbocycles. The van der Waals surface area contributed by atoms with Gasteiger partial charge in [0.25, 0.3) is 11.8 Å². The highest BCUT2D eigenvalue weighted by Crippen LogP contribution is 2.31. The second kappa shape index (κ2) is 11.4. The molecule has 0 radical (unpaired) electrons. The molecule has 37 heavy (non-hydrogen) atoms. The monoisotopic (exact) mass is 520 g/mol. The van der Waals surface area contributed by atoms with E-state index in [1.165, 1.54) is 0 Å². The van der Waals surface area contributed by atoms with Crippen molar-refractivity contribution in [1.29, 1.82) is 0 Å². The molecule has 192 valence electrons. The van der Waals surface area contributed by atoms with Gasteiger partial charge in [-0.25, -0.2) is 4.98 Å². The largest absolute Gasteiger partial charge is 0.351 e. The average Bonchev–Trinajstić information content (AvgIpc) is 3.24. The molecule has 2 heterocycles. The third-order valence-corrected chi connectivity index (χ3v) is 6.30. The van der Waals surface area contributed by atoms with Crippen LogP contribution in [0.15, 0.2) is 54.7 Å². The van der Waals surface area contributed by atoms with Gasteiger partial charge >= 0.3 is 0 Å². The zero-order valence-electron chi connectivity index (χ0n) is 21.0. The topological polar surface area (TPSA) is 108 Å². The van der Waals surface area contributed by atoms with Gasteiger partial charge in [-0.3, -0.25) is 14.4 Å². The number of rotatable bonds is 9. The molecule has 9 nitrogen and oxygen atoms in total. The number of anilines is 1. The molecule has 2 aromatic carbocycles. The van der Waals surface area contributed by atoms with Crippen molar-refractivity contribution in [3.05, 3.63) is 71.0 Å². The summed E-state index contributed by atoms with van der Waals surface area (Å²) in [6.07, 6.45) is 2.48. The van der Waals surface area contributed by atoms with E-state index in [4.69, 9.17) is 11.6 Å². The van der Waals surface area contributed by atoms with Gasteiger partial charge in [-0.05, 0) is 45.3 Å². The van der Waals surface area contributed by atoms with Gasteiger partial charge in [-0.1, -0.05) is 41.9 Å². The number of aryl methyl sites for hydroxylation is 1. The number of carbonyl (C=O) groups is 3. The number of nitrogens with zero attached hydrogens (tertiary/aromatic N) is 3. The Labute approximate surface area is 219 Å². The Kier molecular flexibility index (Phi) is 8.05. The highest BCUT2D eigenvalue weighted by molar-refractivity contribution is 6.40. The van der Waals surface area contributed by atoms with Crippen LogP contribution in [0.2, 0.25) is 5.02 Å². The Balaban J connectivity index is 1.39. The number of carbonyl (C=O) groups excluding carboxylic acids is 3. The van der Waals surface area contributed by atoms with Crippen molar-refractivity contribution in [2.45, 2.75) is 6.42 Å². The third kappa shape index (κ3) is 6.07. The van der Waals surface area contributed by atoms with Crippen molar-refractivity contribution in [3.63, 3.8) is 0 Å². The molecule has 4 rings (SSSR count). The van der Waals surface area contributed by atoms with Gasteiger partial charge in [0.15, 0.2) is 0 Å². The SMILES string of the molecule is CN(C)CCCNC(=O)c1cc(NC(=O)CNC(=O)c2cccc3c(Cl)c4ccccc4nc23)cn1C. The molecular formula is C27H29ClN6O3. The summed E-state index contributed by atoms with van der Waals surface area (Å²) in [6, 6.07) is 14.2. The number of pyridine rings is 1. The lowest BCUT2D eigenvalue weighted by atomic mass is 10.1. The summed E-state index contributed by atoms with van der Waals surface area (Å²) in [6.45, 7) is 1.18.